The van der Waals surface area contributed by atoms with E-state index in [0.717, 1.165) is 25.3 Å². The molecule has 1 rings (SSSR count). The van der Waals surface area contributed by atoms with E-state index in [9.17, 15) is 0 Å². The summed E-state index contributed by atoms with van der Waals surface area (Å²) < 4.78 is 10.7. The molecular weight excluding hydrogens is 238 g/mol. The maximum atomic E-state index is 5.54. The minimum Gasteiger partial charge on any atom is -0.467 e. The van der Waals surface area contributed by atoms with Gasteiger partial charge in [-0.15, -0.1) is 0 Å². The Morgan fingerprint density at radius 2 is 2.16 bits per heavy atom. The van der Waals surface area contributed by atoms with E-state index < -0.39 is 0 Å². The molecule has 0 radical (unpaired) electrons. The zero-order valence-electron chi connectivity index (χ0n) is 12.5. The van der Waals surface area contributed by atoms with Crippen LogP contribution in [0.2, 0.25) is 0 Å². The number of nitrogens with one attached hydrogen (secondary N) is 1. The van der Waals surface area contributed by atoms with Crippen LogP contribution in [0.3, 0.4) is 0 Å². The Morgan fingerprint density at radius 1 is 1.26 bits per heavy atom. The molecule has 19 heavy (non-hydrogen) atoms. The van der Waals surface area contributed by atoms with Crippen molar-refractivity contribution in [3.8, 4) is 0 Å². The monoisotopic (exact) mass is 267 g/mol. The lowest BCUT2D eigenvalue weighted by Gasteiger charge is -2.13. The highest BCUT2D eigenvalue weighted by Crippen LogP contribution is 2.05. The van der Waals surface area contributed by atoms with Crippen LogP contribution in [0.4, 0.5) is 0 Å². The smallest absolute Gasteiger partial charge is 0.129 e. The first-order valence-electron chi connectivity index (χ1n) is 7.66. The Labute approximate surface area is 117 Å². The fourth-order valence-electron chi connectivity index (χ4n) is 2.07. The molecule has 3 heteroatoms. The van der Waals surface area contributed by atoms with Crippen molar-refractivity contribution in [1.29, 1.82) is 0 Å². The second-order valence-electron chi connectivity index (χ2n) is 5.19. The summed E-state index contributed by atoms with van der Waals surface area (Å²) in [5, 5.41) is 3.55. The van der Waals surface area contributed by atoms with Crippen LogP contribution in [0.1, 0.15) is 58.1 Å². The van der Waals surface area contributed by atoms with E-state index in [2.05, 4.69) is 19.2 Å². The zero-order valence-corrected chi connectivity index (χ0v) is 12.5. The van der Waals surface area contributed by atoms with Crippen molar-refractivity contribution in [2.75, 3.05) is 13.2 Å². The molecule has 0 aliphatic carbocycles. The van der Waals surface area contributed by atoms with Gasteiger partial charge in [-0.25, -0.2) is 0 Å². The fourth-order valence-corrected chi connectivity index (χ4v) is 2.07. The van der Waals surface area contributed by atoms with E-state index in [1.54, 1.807) is 6.26 Å². The van der Waals surface area contributed by atoms with E-state index in [-0.39, 0.29) is 0 Å². The van der Waals surface area contributed by atoms with Gasteiger partial charge in [0.2, 0.25) is 0 Å². The van der Waals surface area contributed by atoms with E-state index in [1.165, 1.54) is 32.1 Å². The molecule has 110 valence electrons. The minimum atomic E-state index is 0.583. The SMILES string of the molecule is CCCCCCC(C)NCCCOCc1ccco1. The average Bonchev–Trinajstić information content (AvgIpc) is 2.92. The Bertz CT molecular complexity index is 285. The van der Waals surface area contributed by atoms with E-state index in [4.69, 9.17) is 9.15 Å². The van der Waals surface area contributed by atoms with Gasteiger partial charge >= 0.3 is 0 Å². The first-order valence-corrected chi connectivity index (χ1v) is 7.66. The zero-order chi connectivity index (χ0) is 13.8. The molecule has 1 atom stereocenters. The van der Waals surface area contributed by atoms with Gasteiger partial charge in [0, 0.05) is 12.6 Å². The molecule has 0 fully saturated rings. The minimum absolute atomic E-state index is 0.583. The summed E-state index contributed by atoms with van der Waals surface area (Å²) in [6, 6.07) is 4.46. The van der Waals surface area contributed by atoms with Crippen molar-refractivity contribution >= 4 is 0 Å². The van der Waals surface area contributed by atoms with Crippen LogP contribution in [0.25, 0.3) is 0 Å². The highest BCUT2D eigenvalue weighted by molar-refractivity contribution is 4.95. The van der Waals surface area contributed by atoms with Gasteiger partial charge in [-0.05, 0) is 38.4 Å². The molecule has 1 aromatic heterocycles. The molecule has 3 nitrogen and oxygen atoms in total. The molecular formula is C16H29NO2. The predicted molar refractivity (Wildman–Crippen MR) is 79.2 cm³/mol. The standard InChI is InChI=1S/C16H29NO2/c1-3-4-5-6-9-15(2)17-11-8-12-18-14-16-10-7-13-19-16/h7,10,13,15,17H,3-6,8-9,11-12,14H2,1-2H3. The first kappa shape index (κ1) is 16.3. The quantitative estimate of drug-likeness (QED) is 0.578. The van der Waals surface area contributed by atoms with Gasteiger partial charge < -0.3 is 14.5 Å². The largest absolute Gasteiger partial charge is 0.467 e. The third kappa shape index (κ3) is 8.84. The number of furan rings is 1. The second-order valence-corrected chi connectivity index (χ2v) is 5.19. The van der Waals surface area contributed by atoms with Gasteiger partial charge in [0.25, 0.3) is 0 Å². The van der Waals surface area contributed by atoms with Gasteiger partial charge in [0.1, 0.15) is 12.4 Å². The highest BCUT2D eigenvalue weighted by atomic mass is 16.5. The maximum absolute atomic E-state index is 5.54. The third-order valence-electron chi connectivity index (χ3n) is 3.27. The summed E-state index contributed by atoms with van der Waals surface area (Å²) in [6.07, 6.45) is 9.42. The number of hydrogen-bond donors (Lipinski definition) is 1. The summed E-state index contributed by atoms with van der Waals surface area (Å²) in [6.45, 7) is 6.93. The normalized spacial score (nSPS) is 12.7. The maximum Gasteiger partial charge on any atom is 0.129 e. The summed E-state index contributed by atoms with van der Waals surface area (Å²) >= 11 is 0. The van der Waals surface area contributed by atoms with Crippen molar-refractivity contribution in [2.24, 2.45) is 0 Å². The van der Waals surface area contributed by atoms with Gasteiger partial charge in [0.15, 0.2) is 0 Å². The summed E-state index contributed by atoms with van der Waals surface area (Å²) in [7, 11) is 0. The van der Waals surface area contributed by atoms with Crippen LogP contribution in [0, 0.1) is 0 Å². The van der Waals surface area contributed by atoms with Gasteiger partial charge in [0.05, 0.1) is 6.26 Å². The lowest BCUT2D eigenvalue weighted by molar-refractivity contribution is 0.103. The number of ether oxygens (including phenoxy) is 1. The fraction of sp³-hybridized carbons (Fsp3) is 0.750. The Morgan fingerprint density at radius 3 is 2.89 bits per heavy atom. The predicted octanol–water partition coefficient (Wildman–Crippen LogP) is 4.13. The summed E-state index contributed by atoms with van der Waals surface area (Å²) in [4.78, 5) is 0. The van der Waals surface area contributed by atoms with Crippen molar-refractivity contribution in [3.63, 3.8) is 0 Å². The molecule has 1 aromatic rings. The molecule has 1 N–H and O–H groups in total. The molecule has 0 amide bonds. The molecule has 1 unspecified atom stereocenters. The Balaban J connectivity index is 1.84. The van der Waals surface area contributed by atoms with Crippen molar-refractivity contribution in [3.05, 3.63) is 24.2 Å². The van der Waals surface area contributed by atoms with Crippen LogP contribution in [0.5, 0.6) is 0 Å². The molecule has 1 heterocycles. The van der Waals surface area contributed by atoms with Gasteiger partial charge in [-0.1, -0.05) is 32.6 Å². The molecule has 0 aromatic carbocycles. The van der Waals surface area contributed by atoms with Gasteiger partial charge in [-0.3, -0.25) is 0 Å². The molecule has 0 bridgehead atoms. The molecule has 0 saturated heterocycles. The van der Waals surface area contributed by atoms with Crippen LogP contribution in [0.15, 0.2) is 22.8 Å². The van der Waals surface area contributed by atoms with Crippen LogP contribution < -0.4 is 5.32 Å². The van der Waals surface area contributed by atoms with E-state index in [1.807, 2.05) is 12.1 Å². The van der Waals surface area contributed by atoms with E-state index in [0.29, 0.717) is 12.6 Å². The average molecular weight is 267 g/mol. The van der Waals surface area contributed by atoms with Crippen molar-refractivity contribution in [1.82, 2.24) is 5.32 Å². The molecule has 0 aliphatic rings. The number of rotatable bonds is 12. The molecule has 0 spiro atoms. The lowest BCUT2D eigenvalue weighted by atomic mass is 10.1. The third-order valence-corrected chi connectivity index (χ3v) is 3.27. The van der Waals surface area contributed by atoms with Crippen LogP contribution in [-0.2, 0) is 11.3 Å². The topological polar surface area (TPSA) is 34.4 Å². The number of unbranched alkanes of at least 4 members (excludes halogenated alkanes) is 3. The summed E-state index contributed by atoms with van der Waals surface area (Å²) in [5.74, 6) is 0.900. The van der Waals surface area contributed by atoms with Crippen molar-refractivity contribution < 1.29 is 9.15 Å². The Hall–Kier alpha value is -0.800. The first-order chi connectivity index (χ1) is 9.33. The highest BCUT2D eigenvalue weighted by Gasteiger charge is 2.00. The van der Waals surface area contributed by atoms with Crippen LogP contribution >= 0.6 is 0 Å². The molecule has 0 aliphatic heterocycles. The number of hydrogen-bond acceptors (Lipinski definition) is 3. The molecule has 0 saturated carbocycles. The van der Waals surface area contributed by atoms with Crippen LogP contribution in [-0.4, -0.2) is 19.2 Å². The summed E-state index contributed by atoms with van der Waals surface area (Å²) in [5.41, 5.74) is 0. The van der Waals surface area contributed by atoms with Crippen molar-refractivity contribution in [2.45, 2.75) is 65.0 Å². The second kappa shape index (κ2) is 11.1. The Kier molecular flexibility index (Phi) is 9.46. The van der Waals surface area contributed by atoms with E-state index >= 15 is 0 Å². The van der Waals surface area contributed by atoms with Gasteiger partial charge in [-0.2, -0.15) is 0 Å². The lowest BCUT2D eigenvalue weighted by Crippen LogP contribution is -2.27.